The van der Waals surface area contributed by atoms with Gasteiger partial charge in [0, 0.05) is 33.2 Å². The Morgan fingerprint density at radius 3 is 2.12 bits per heavy atom. The van der Waals surface area contributed by atoms with E-state index in [2.05, 4.69) is 54.9 Å². The molecule has 0 spiro atoms. The van der Waals surface area contributed by atoms with Gasteiger partial charge in [0.05, 0.1) is 0 Å². The van der Waals surface area contributed by atoms with E-state index in [4.69, 9.17) is 14.2 Å². The second kappa shape index (κ2) is 20.6. The van der Waals surface area contributed by atoms with Crippen LogP contribution in [0.3, 0.4) is 0 Å². The summed E-state index contributed by atoms with van der Waals surface area (Å²) in [5, 5.41) is 8.05. The summed E-state index contributed by atoms with van der Waals surface area (Å²) in [6.45, 7) is 16.3. The van der Waals surface area contributed by atoms with Gasteiger partial charge in [-0.1, -0.05) is 26.0 Å². The van der Waals surface area contributed by atoms with Crippen molar-refractivity contribution in [1.29, 1.82) is 0 Å². The van der Waals surface area contributed by atoms with Crippen molar-refractivity contribution in [3.8, 4) is 5.75 Å². The molecule has 1 rings (SSSR count). The quantitative estimate of drug-likeness (QED) is 0.111. The topological polar surface area (TPSA) is 156 Å². The number of alkyl carbamates (subject to hydrolysis) is 1. The van der Waals surface area contributed by atoms with Crippen LogP contribution in [0.2, 0.25) is 0 Å². The molecular weight excluding hydrogens is 630 g/mol. The monoisotopic (exact) mass is 691 g/mol. The molecule has 3 atom stereocenters. The molecule has 278 valence electrons. The molecule has 0 fully saturated rings. The minimum absolute atomic E-state index is 0.100. The van der Waals surface area contributed by atoms with E-state index in [9.17, 15) is 24.0 Å². The van der Waals surface area contributed by atoms with Crippen molar-refractivity contribution in [1.82, 2.24) is 25.8 Å². The Hall–Kier alpha value is -3.87. The van der Waals surface area contributed by atoms with E-state index < -0.39 is 53.6 Å². The third-order valence-corrected chi connectivity index (χ3v) is 7.29. The van der Waals surface area contributed by atoms with Gasteiger partial charge < -0.3 is 40.0 Å². The third kappa shape index (κ3) is 19.0. The highest BCUT2D eigenvalue weighted by Crippen LogP contribution is 2.30. The summed E-state index contributed by atoms with van der Waals surface area (Å²) in [5.74, 6) is -0.646. The molecule has 0 bridgehead atoms. The number of likely N-dealkylation sites (N-methyl/N-ethyl adjacent to an activating group) is 1. The minimum atomic E-state index is -0.946. The zero-order valence-electron chi connectivity index (χ0n) is 31.6. The van der Waals surface area contributed by atoms with Gasteiger partial charge in [0.2, 0.25) is 11.8 Å². The normalized spacial score (nSPS) is 13.5. The molecule has 0 aliphatic heterocycles. The highest BCUT2D eigenvalue weighted by atomic mass is 16.6. The Kier molecular flexibility index (Phi) is 18.1. The molecule has 0 radical (unpaired) electrons. The second-order valence-electron chi connectivity index (χ2n) is 14.7. The standard InChI is InChI=1S/C36H61N5O8/c1-12-28(25(2)24-40(9)10)26-16-15-17-27(22-26)47-34(46)41(11)21-20-37-32(44)29(39-30(42)23-31(43)48-35(3,4)5)18-13-14-19-38-33(45)49-36(6,7)8/h15-17,22,25,28-29H,12-14,18-21,23-24H2,1-11H3,(H,37,44)(H,38,45)(H,39,42). The molecule has 13 nitrogen and oxygen atoms in total. The zero-order valence-corrected chi connectivity index (χ0v) is 31.6. The van der Waals surface area contributed by atoms with Crippen LogP contribution < -0.4 is 20.7 Å². The molecule has 13 heteroatoms. The first kappa shape index (κ1) is 43.2. The summed E-state index contributed by atoms with van der Waals surface area (Å²) >= 11 is 0. The third-order valence-electron chi connectivity index (χ3n) is 7.29. The molecule has 3 unspecified atom stereocenters. The van der Waals surface area contributed by atoms with Gasteiger partial charge in [0.25, 0.3) is 0 Å². The van der Waals surface area contributed by atoms with Crippen LogP contribution >= 0.6 is 0 Å². The zero-order chi connectivity index (χ0) is 37.4. The van der Waals surface area contributed by atoms with Crippen LogP contribution in [0.25, 0.3) is 0 Å². The Morgan fingerprint density at radius 1 is 0.878 bits per heavy atom. The van der Waals surface area contributed by atoms with Crippen molar-refractivity contribution in [3.05, 3.63) is 29.8 Å². The van der Waals surface area contributed by atoms with Crippen LogP contribution in [0.4, 0.5) is 9.59 Å². The maximum absolute atomic E-state index is 13.1. The van der Waals surface area contributed by atoms with Gasteiger partial charge in [0.15, 0.2) is 0 Å². The molecule has 0 saturated carbocycles. The number of hydrogen-bond donors (Lipinski definition) is 3. The molecule has 4 amide bonds. The predicted molar refractivity (Wildman–Crippen MR) is 189 cm³/mol. The summed E-state index contributed by atoms with van der Waals surface area (Å²) in [7, 11) is 5.68. The molecule has 0 heterocycles. The van der Waals surface area contributed by atoms with E-state index >= 15 is 0 Å². The van der Waals surface area contributed by atoms with E-state index in [0.29, 0.717) is 37.0 Å². The fourth-order valence-corrected chi connectivity index (χ4v) is 5.22. The largest absolute Gasteiger partial charge is 0.460 e. The van der Waals surface area contributed by atoms with Crippen LogP contribution in [0.1, 0.15) is 99.0 Å². The lowest BCUT2D eigenvalue weighted by Gasteiger charge is -2.26. The molecule has 1 aromatic carbocycles. The van der Waals surface area contributed by atoms with Crippen molar-refractivity contribution < 1.29 is 38.2 Å². The number of nitrogens with one attached hydrogen (secondary N) is 3. The number of hydrogen-bond acceptors (Lipinski definition) is 9. The number of rotatable bonds is 18. The van der Waals surface area contributed by atoms with Gasteiger partial charge in [-0.2, -0.15) is 0 Å². The lowest BCUT2D eigenvalue weighted by atomic mass is 9.85. The number of esters is 1. The molecular formula is C36H61N5O8. The lowest BCUT2D eigenvalue weighted by Crippen LogP contribution is -2.49. The first-order chi connectivity index (χ1) is 22.7. The van der Waals surface area contributed by atoms with Crippen LogP contribution in [0.15, 0.2) is 24.3 Å². The average Bonchev–Trinajstić information content (AvgIpc) is 2.94. The summed E-state index contributed by atoms with van der Waals surface area (Å²) < 4.78 is 16.1. The first-order valence-corrected chi connectivity index (χ1v) is 17.1. The lowest BCUT2D eigenvalue weighted by molar-refractivity contribution is -0.156. The van der Waals surface area contributed by atoms with Crippen LogP contribution in [0.5, 0.6) is 5.75 Å². The molecule has 49 heavy (non-hydrogen) atoms. The fraction of sp³-hybridized carbons (Fsp3) is 0.694. The number of amides is 4. The maximum Gasteiger partial charge on any atom is 0.415 e. The summed E-state index contributed by atoms with van der Waals surface area (Å²) in [6.07, 6.45) is 0.569. The van der Waals surface area contributed by atoms with Crippen molar-refractivity contribution >= 4 is 30.0 Å². The van der Waals surface area contributed by atoms with E-state index in [1.165, 1.54) is 4.90 Å². The van der Waals surface area contributed by atoms with Crippen LogP contribution in [-0.2, 0) is 23.9 Å². The minimum Gasteiger partial charge on any atom is -0.460 e. The first-order valence-electron chi connectivity index (χ1n) is 17.1. The van der Waals surface area contributed by atoms with Crippen molar-refractivity contribution in [2.75, 3.05) is 47.3 Å². The second-order valence-corrected chi connectivity index (χ2v) is 14.7. The van der Waals surface area contributed by atoms with Crippen LogP contribution in [0, 0.1) is 5.92 Å². The average molecular weight is 692 g/mol. The van der Waals surface area contributed by atoms with Crippen LogP contribution in [-0.4, -0.2) is 104 Å². The summed E-state index contributed by atoms with van der Waals surface area (Å²) in [5.41, 5.74) is -0.268. The predicted octanol–water partition coefficient (Wildman–Crippen LogP) is 4.84. The molecule has 0 aromatic heterocycles. The fourth-order valence-electron chi connectivity index (χ4n) is 5.22. The van der Waals surface area contributed by atoms with E-state index in [-0.39, 0.29) is 19.5 Å². The number of benzene rings is 1. The van der Waals surface area contributed by atoms with Gasteiger partial charge in [0.1, 0.15) is 29.4 Å². The Balaban J connectivity index is 2.76. The smallest absolute Gasteiger partial charge is 0.415 e. The molecule has 3 N–H and O–H groups in total. The van der Waals surface area contributed by atoms with Gasteiger partial charge in [-0.3, -0.25) is 14.4 Å². The van der Waals surface area contributed by atoms with Crippen molar-refractivity contribution in [3.63, 3.8) is 0 Å². The highest BCUT2D eigenvalue weighted by molar-refractivity contribution is 5.96. The van der Waals surface area contributed by atoms with Crippen molar-refractivity contribution in [2.24, 2.45) is 5.92 Å². The molecule has 0 aliphatic rings. The number of carbonyl (C=O) groups excluding carboxylic acids is 5. The number of ether oxygens (including phenoxy) is 3. The van der Waals surface area contributed by atoms with E-state index in [0.717, 1.165) is 18.5 Å². The molecule has 0 aliphatic carbocycles. The van der Waals surface area contributed by atoms with Crippen molar-refractivity contribution in [2.45, 2.75) is 111 Å². The SMILES string of the molecule is CCC(c1cccc(OC(=O)N(C)CCNC(=O)C(CCCCNC(=O)OC(C)(C)C)NC(=O)CC(=O)OC(C)(C)C)c1)C(C)CN(C)C. The Morgan fingerprint density at radius 2 is 1.53 bits per heavy atom. The van der Waals surface area contributed by atoms with Gasteiger partial charge in [-0.05, 0) is 111 Å². The maximum atomic E-state index is 13.1. The number of unbranched alkanes of at least 4 members (excludes halogenated alkanes) is 1. The van der Waals surface area contributed by atoms with Gasteiger partial charge in [-0.15, -0.1) is 0 Å². The highest BCUT2D eigenvalue weighted by Gasteiger charge is 2.25. The number of nitrogens with zero attached hydrogens (tertiary/aromatic N) is 2. The van der Waals surface area contributed by atoms with Gasteiger partial charge in [-0.25, -0.2) is 9.59 Å². The molecule has 0 saturated heterocycles. The van der Waals surface area contributed by atoms with E-state index in [1.54, 1.807) is 54.7 Å². The van der Waals surface area contributed by atoms with Gasteiger partial charge >= 0.3 is 18.2 Å². The summed E-state index contributed by atoms with van der Waals surface area (Å²) in [6, 6.07) is 6.64. The molecule has 1 aromatic rings. The summed E-state index contributed by atoms with van der Waals surface area (Å²) in [4.78, 5) is 66.3. The number of carbonyl (C=O) groups is 5. The Labute approximate surface area is 293 Å². The van der Waals surface area contributed by atoms with E-state index in [1.807, 2.05) is 12.1 Å². The Bertz CT molecular complexity index is 1220.